The molecule has 5 heteroatoms. The van der Waals surface area contributed by atoms with Crippen molar-refractivity contribution in [2.24, 2.45) is 0 Å². The lowest BCUT2D eigenvalue weighted by molar-refractivity contribution is 0.0952. The number of carboxylic acid groups (broad SMARTS) is 1. The van der Waals surface area contributed by atoms with Gasteiger partial charge >= 0.3 is 6.16 Å². The molecule has 1 rings (SSSR count). The van der Waals surface area contributed by atoms with Gasteiger partial charge in [0.15, 0.2) is 0 Å². The number of nitrogens with zero attached hydrogens (tertiary/aromatic N) is 1. The Labute approximate surface area is 75.4 Å². The molecule has 0 amide bonds. The number of pyridine rings is 1. The van der Waals surface area contributed by atoms with Crippen molar-refractivity contribution in [2.45, 2.75) is 0 Å². The Bertz CT molecular complexity index is 263. The van der Waals surface area contributed by atoms with Gasteiger partial charge in [-0.1, -0.05) is 6.07 Å². The van der Waals surface area contributed by atoms with Gasteiger partial charge in [-0.25, -0.2) is 9.78 Å². The van der Waals surface area contributed by atoms with Crippen molar-refractivity contribution in [3.05, 3.63) is 24.4 Å². The Balaban J connectivity index is 2.17. The quantitative estimate of drug-likeness (QED) is 0.540. The summed E-state index contributed by atoms with van der Waals surface area (Å²) in [7, 11) is 0. The van der Waals surface area contributed by atoms with Gasteiger partial charge in [-0.3, -0.25) is 0 Å². The van der Waals surface area contributed by atoms with E-state index in [1.807, 2.05) is 6.07 Å². The minimum absolute atomic E-state index is 0.117. The lowest BCUT2D eigenvalue weighted by atomic mass is 10.4. The van der Waals surface area contributed by atoms with E-state index in [9.17, 15) is 4.79 Å². The van der Waals surface area contributed by atoms with E-state index in [-0.39, 0.29) is 6.61 Å². The molecule has 0 fully saturated rings. The van der Waals surface area contributed by atoms with Crippen molar-refractivity contribution >= 4 is 12.0 Å². The third-order valence-corrected chi connectivity index (χ3v) is 1.30. The van der Waals surface area contributed by atoms with Crippen LogP contribution in [0.4, 0.5) is 10.6 Å². The van der Waals surface area contributed by atoms with Crippen LogP contribution in [0.1, 0.15) is 0 Å². The Hall–Kier alpha value is -1.78. The van der Waals surface area contributed by atoms with Crippen LogP contribution in [0, 0.1) is 0 Å². The van der Waals surface area contributed by atoms with Crippen molar-refractivity contribution in [3.8, 4) is 0 Å². The summed E-state index contributed by atoms with van der Waals surface area (Å²) in [6.45, 7) is 0.537. The highest BCUT2D eigenvalue weighted by atomic mass is 16.7. The summed E-state index contributed by atoms with van der Waals surface area (Å²) < 4.78 is 4.29. The molecule has 0 aromatic carbocycles. The standard InChI is InChI=1S/C8H10N2O3/c11-8(12)13-6-5-10-7-3-1-2-4-9-7/h1-4H,5-6H2,(H,9,10)(H,11,12). The first-order valence-corrected chi connectivity index (χ1v) is 3.79. The van der Waals surface area contributed by atoms with E-state index in [2.05, 4.69) is 15.0 Å². The van der Waals surface area contributed by atoms with E-state index in [1.165, 1.54) is 0 Å². The van der Waals surface area contributed by atoms with E-state index in [0.717, 1.165) is 0 Å². The molecule has 0 saturated carbocycles. The highest BCUT2D eigenvalue weighted by Crippen LogP contribution is 1.98. The second-order valence-corrected chi connectivity index (χ2v) is 2.26. The molecule has 0 aliphatic heterocycles. The van der Waals surface area contributed by atoms with Crippen molar-refractivity contribution in [2.75, 3.05) is 18.5 Å². The minimum Gasteiger partial charge on any atom is -0.450 e. The minimum atomic E-state index is -1.26. The number of nitrogens with one attached hydrogen (secondary N) is 1. The zero-order chi connectivity index (χ0) is 9.52. The molecular formula is C8H10N2O3. The molecule has 5 nitrogen and oxygen atoms in total. The Kier molecular flexibility index (Phi) is 3.56. The smallest absolute Gasteiger partial charge is 0.450 e. The Morgan fingerprint density at radius 2 is 2.46 bits per heavy atom. The summed E-state index contributed by atoms with van der Waals surface area (Å²) in [4.78, 5) is 13.9. The monoisotopic (exact) mass is 182 g/mol. The van der Waals surface area contributed by atoms with Gasteiger partial charge in [0, 0.05) is 6.20 Å². The van der Waals surface area contributed by atoms with Crippen LogP contribution in [-0.2, 0) is 4.74 Å². The van der Waals surface area contributed by atoms with E-state index in [0.29, 0.717) is 12.4 Å². The summed E-state index contributed by atoms with van der Waals surface area (Å²) >= 11 is 0. The molecule has 0 atom stereocenters. The fourth-order valence-electron chi connectivity index (χ4n) is 0.785. The molecule has 1 aromatic rings. The molecule has 0 unspecified atom stereocenters. The predicted octanol–water partition coefficient (Wildman–Crippen LogP) is 1.19. The van der Waals surface area contributed by atoms with Crippen LogP contribution in [0.5, 0.6) is 0 Å². The van der Waals surface area contributed by atoms with Gasteiger partial charge in [0.05, 0.1) is 6.54 Å². The van der Waals surface area contributed by atoms with Gasteiger partial charge in [-0.05, 0) is 12.1 Å². The number of rotatable bonds is 4. The maximum absolute atomic E-state index is 9.95. The van der Waals surface area contributed by atoms with Gasteiger partial charge in [0.25, 0.3) is 0 Å². The second kappa shape index (κ2) is 4.97. The lowest BCUT2D eigenvalue weighted by Gasteiger charge is -2.03. The first-order valence-electron chi connectivity index (χ1n) is 3.79. The number of carbonyl (C=O) groups is 1. The lowest BCUT2D eigenvalue weighted by Crippen LogP contribution is -2.12. The van der Waals surface area contributed by atoms with Gasteiger partial charge in [0.2, 0.25) is 0 Å². The van der Waals surface area contributed by atoms with Crippen molar-refractivity contribution in [1.82, 2.24) is 4.98 Å². The number of ether oxygens (including phenoxy) is 1. The third kappa shape index (κ3) is 3.95. The maximum atomic E-state index is 9.95. The number of aromatic nitrogens is 1. The molecule has 2 N–H and O–H groups in total. The molecule has 70 valence electrons. The van der Waals surface area contributed by atoms with Crippen LogP contribution in [0.3, 0.4) is 0 Å². The third-order valence-electron chi connectivity index (χ3n) is 1.30. The number of hydrogen-bond donors (Lipinski definition) is 2. The van der Waals surface area contributed by atoms with E-state index in [4.69, 9.17) is 5.11 Å². The highest BCUT2D eigenvalue weighted by Gasteiger charge is 1.95. The zero-order valence-corrected chi connectivity index (χ0v) is 6.93. The van der Waals surface area contributed by atoms with Crippen LogP contribution in [0.25, 0.3) is 0 Å². The highest BCUT2D eigenvalue weighted by molar-refractivity contribution is 5.56. The Morgan fingerprint density at radius 1 is 1.62 bits per heavy atom. The fraction of sp³-hybridized carbons (Fsp3) is 0.250. The summed E-state index contributed by atoms with van der Waals surface area (Å²) in [6, 6.07) is 5.44. The topological polar surface area (TPSA) is 71.5 Å². The van der Waals surface area contributed by atoms with E-state index >= 15 is 0 Å². The summed E-state index contributed by atoms with van der Waals surface area (Å²) in [6.07, 6.45) is 0.392. The van der Waals surface area contributed by atoms with Gasteiger partial charge in [-0.2, -0.15) is 0 Å². The molecule has 0 aliphatic carbocycles. The summed E-state index contributed by atoms with van der Waals surface area (Å²) in [5.41, 5.74) is 0. The SMILES string of the molecule is O=C(O)OCCNc1ccccn1. The van der Waals surface area contributed by atoms with Gasteiger partial charge in [0.1, 0.15) is 12.4 Å². The molecule has 0 aliphatic rings. The summed E-state index contributed by atoms with van der Waals surface area (Å²) in [5, 5.41) is 11.0. The average Bonchev–Trinajstić information content (AvgIpc) is 2.14. The first kappa shape index (κ1) is 9.31. The second-order valence-electron chi connectivity index (χ2n) is 2.26. The van der Waals surface area contributed by atoms with Crippen LogP contribution in [0.15, 0.2) is 24.4 Å². The number of anilines is 1. The van der Waals surface area contributed by atoms with E-state index in [1.54, 1.807) is 18.3 Å². The molecule has 13 heavy (non-hydrogen) atoms. The largest absolute Gasteiger partial charge is 0.505 e. The molecule has 0 bridgehead atoms. The van der Waals surface area contributed by atoms with Crippen LogP contribution in [-0.4, -0.2) is 29.4 Å². The molecular weight excluding hydrogens is 172 g/mol. The first-order chi connectivity index (χ1) is 6.29. The van der Waals surface area contributed by atoms with Crippen molar-refractivity contribution < 1.29 is 14.6 Å². The maximum Gasteiger partial charge on any atom is 0.505 e. The molecule has 0 radical (unpaired) electrons. The van der Waals surface area contributed by atoms with E-state index < -0.39 is 6.16 Å². The normalized spacial score (nSPS) is 9.23. The zero-order valence-electron chi connectivity index (χ0n) is 6.93. The summed E-state index contributed by atoms with van der Waals surface area (Å²) in [5.74, 6) is 0.705. The number of hydrogen-bond acceptors (Lipinski definition) is 4. The van der Waals surface area contributed by atoms with Crippen LogP contribution >= 0.6 is 0 Å². The van der Waals surface area contributed by atoms with Gasteiger partial charge in [-0.15, -0.1) is 0 Å². The average molecular weight is 182 g/mol. The Morgan fingerprint density at radius 3 is 3.08 bits per heavy atom. The molecule has 0 saturated heterocycles. The van der Waals surface area contributed by atoms with Gasteiger partial charge < -0.3 is 15.2 Å². The molecule has 1 heterocycles. The van der Waals surface area contributed by atoms with Crippen LogP contribution in [0.2, 0.25) is 0 Å². The van der Waals surface area contributed by atoms with Crippen molar-refractivity contribution in [1.29, 1.82) is 0 Å². The predicted molar refractivity (Wildman–Crippen MR) is 46.7 cm³/mol. The molecule has 1 aromatic heterocycles. The fourth-order valence-corrected chi connectivity index (χ4v) is 0.785. The molecule has 0 spiro atoms. The van der Waals surface area contributed by atoms with Crippen LogP contribution < -0.4 is 5.32 Å². The van der Waals surface area contributed by atoms with Crippen molar-refractivity contribution in [3.63, 3.8) is 0 Å².